The number of carbonyl (C=O) groups excluding carboxylic acids is 1. The van der Waals surface area contributed by atoms with E-state index in [1.54, 1.807) is 0 Å². The molecule has 0 spiro atoms. The van der Waals surface area contributed by atoms with Crippen LogP contribution in [0.15, 0.2) is 6.20 Å². The van der Waals surface area contributed by atoms with Crippen LogP contribution in [-0.4, -0.2) is 29.5 Å². The highest BCUT2D eigenvalue weighted by molar-refractivity contribution is 5.79. The highest BCUT2D eigenvalue weighted by atomic mass is 19.1. The first-order valence-electron chi connectivity index (χ1n) is 4.03. The zero-order valence-electron chi connectivity index (χ0n) is 8.07. The van der Waals surface area contributed by atoms with Crippen LogP contribution in [0.3, 0.4) is 0 Å². The molecule has 0 unspecified atom stereocenters. The number of carbonyl (C=O) groups is 1. The summed E-state index contributed by atoms with van der Waals surface area (Å²) in [5.41, 5.74) is 7.14. The van der Waals surface area contributed by atoms with Crippen molar-refractivity contribution in [2.45, 2.75) is 0 Å². The molecule has 0 atom stereocenters. The van der Waals surface area contributed by atoms with E-state index in [1.807, 2.05) is 0 Å². The molecule has 1 rings (SSSR count). The average molecular weight is 214 g/mol. The number of nitrogen functional groups attached to an aromatic ring is 1. The van der Waals surface area contributed by atoms with E-state index in [9.17, 15) is 9.18 Å². The van der Waals surface area contributed by atoms with Gasteiger partial charge in [-0.3, -0.25) is 10.2 Å². The van der Waals surface area contributed by atoms with Crippen molar-refractivity contribution in [3.8, 4) is 0 Å². The maximum absolute atomic E-state index is 13.2. The van der Waals surface area contributed by atoms with E-state index in [2.05, 4.69) is 15.4 Å². The summed E-state index contributed by atoms with van der Waals surface area (Å²) in [6, 6.07) is 0. The minimum absolute atomic E-state index is 0.0447. The van der Waals surface area contributed by atoms with E-state index in [0.29, 0.717) is 0 Å². The lowest BCUT2D eigenvalue weighted by molar-refractivity contribution is -0.116. The van der Waals surface area contributed by atoms with Crippen molar-refractivity contribution >= 4 is 17.7 Å². The van der Waals surface area contributed by atoms with Crippen LogP contribution < -0.4 is 21.9 Å². The molecule has 0 aromatic carbocycles. The van der Waals surface area contributed by atoms with Crippen molar-refractivity contribution in [3.05, 3.63) is 12.0 Å². The Labute approximate surface area is 85.3 Å². The third kappa shape index (κ3) is 2.74. The number of hydrogen-bond acceptors (Lipinski definition) is 6. The fourth-order valence-electron chi connectivity index (χ4n) is 1.00. The van der Waals surface area contributed by atoms with Crippen molar-refractivity contribution in [2.24, 2.45) is 11.6 Å². The first-order chi connectivity index (χ1) is 7.04. The number of aromatic nitrogens is 2. The standard InChI is InChI=1S/C7H11FN6O/c1-14(3-5(9)15)6-4(8)2-11-7(12-6)13-10/h2H,3,10H2,1H3,(H2,9,15)(H,11,12,13). The highest BCUT2D eigenvalue weighted by Gasteiger charge is 2.12. The first-order valence-corrected chi connectivity index (χ1v) is 4.03. The number of nitrogens with one attached hydrogen (secondary N) is 1. The van der Waals surface area contributed by atoms with Gasteiger partial charge in [-0.2, -0.15) is 4.98 Å². The molecule has 8 heteroatoms. The zero-order chi connectivity index (χ0) is 11.4. The van der Waals surface area contributed by atoms with Crippen LogP contribution >= 0.6 is 0 Å². The number of nitrogens with two attached hydrogens (primary N) is 2. The Morgan fingerprint density at radius 2 is 2.40 bits per heavy atom. The lowest BCUT2D eigenvalue weighted by Crippen LogP contribution is -2.32. The molecule has 0 saturated carbocycles. The van der Waals surface area contributed by atoms with E-state index in [1.165, 1.54) is 11.9 Å². The number of hydrogen-bond donors (Lipinski definition) is 3. The predicted molar refractivity (Wildman–Crippen MR) is 52.3 cm³/mol. The fourth-order valence-corrected chi connectivity index (χ4v) is 1.00. The Morgan fingerprint density at radius 3 is 2.93 bits per heavy atom. The molecule has 15 heavy (non-hydrogen) atoms. The molecule has 82 valence electrons. The Kier molecular flexibility index (Phi) is 3.34. The molecule has 1 heterocycles. The number of rotatable bonds is 4. The normalized spacial score (nSPS) is 9.80. The minimum atomic E-state index is -0.655. The van der Waals surface area contributed by atoms with E-state index >= 15 is 0 Å². The van der Waals surface area contributed by atoms with Gasteiger partial charge >= 0.3 is 0 Å². The second-order valence-electron chi connectivity index (χ2n) is 2.83. The summed E-state index contributed by atoms with van der Waals surface area (Å²) < 4.78 is 13.2. The van der Waals surface area contributed by atoms with Crippen LogP contribution in [0, 0.1) is 5.82 Å². The average Bonchev–Trinajstić information content (AvgIpc) is 2.17. The molecule has 1 amide bonds. The minimum Gasteiger partial charge on any atom is -0.368 e. The van der Waals surface area contributed by atoms with Crippen molar-refractivity contribution in [1.82, 2.24) is 9.97 Å². The van der Waals surface area contributed by atoms with Gasteiger partial charge in [0, 0.05) is 7.05 Å². The quantitative estimate of drug-likeness (QED) is 0.430. The van der Waals surface area contributed by atoms with Gasteiger partial charge in [0.15, 0.2) is 11.6 Å². The van der Waals surface area contributed by atoms with Crippen LogP contribution in [0.2, 0.25) is 0 Å². The number of likely N-dealkylation sites (N-methyl/N-ethyl adjacent to an activating group) is 1. The van der Waals surface area contributed by atoms with E-state index in [0.717, 1.165) is 6.20 Å². The van der Waals surface area contributed by atoms with Crippen molar-refractivity contribution in [1.29, 1.82) is 0 Å². The molecule has 7 nitrogen and oxygen atoms in total. The molecule has 0 aliphatic carbocycles. The zero-order valence-corrected chi connectivity index (χ0v) is 8.07. The van der Waals surface area contributed by atoms with Gasteiger partial charge in [-0.1, -0.05) is 0 Å². The van der Waals surface area contributed by atoms with Gasteiger partial charge in [-0.05, 0) is 0 Å². The van der Waals surface area contributed by atoms with Gasteiger partial charge in [0.05, 0.1) is 12.7 Å². The van der Waals surface area contributed by atoms with Gasteiger partial charge in [-0.25, -0.2) is 15.2 Å². The van der Waals surface area contributed by atoms with Crippen LogP contribution in [0.25, 0.3) is 0 Å². The summed E-state index contributed by atoms with van der Waals surface area (Å²) in [6.45, 7) is -0.141. The molecule has 0 bridgehead atoms. The first kappa shape index (κ1) is 11.1. The Balaban J connectivity index is 2.95. The predicted octanol–water partition coefficient (Wildman–Crippen LogP) is -1.18. The number of primary amides is 1. The molecule has 0 fully saturated rings. The van der Waals surface area contributed by atoms with Crippen LogP contribution in [0.4, 0.5) is 16.2 Å². The van der Waals surface area contributed by atoms with Gasteiger partial charge < -0.3 is 10.6 Å². The Bertz CT molecular complexity index is 370. The van der Waals surface area contributed by atoms with Crippen LogP contribution in [-0.2, 0) is 4.79 Å². The monoisotopic (exact) mass is 214 g/mol. The van der Waals surface area contributed by atoms with Crippen LogP contribution in [0.5, 0.6) is 0 Å². The topological polar surface area (TPSA) is 110 Å². The summed E-state index contributed by atoms with van der Waals surface area (Å²) in [7, 11) is 1.48. The third-order valence-corrected chi connectivity index (χ3v) is 1.61. The molecule has 0 saturated heterocycles. The number of halogens is 1. The smallest absolute Gasteiger partial charge is 0.239 e. The molecule has 5 N–H and O–H groups in total. The summed E-state index contributed by atoms with van der Waals surface area (Å²) in [4.78, 5) is 19.2. The van der Waals surface area contributed by atoms with Gasteiger partial charge in [0.2, 0.25) is 11.9 Å². The second kappa shape index (κ2) is 4.51. The molecule has 0 radical (unpaired) electrons. The molecular weight excluding hydrogens is 203 g/mol. The summed E-state index contributed by atoms with van der Waals surface area (Å²) in [6.07, 6.45) is 0.953. The molecule has 0 aliphatic rings. The molecule has 1 aromatic rings. The molecule has 1 aromatic heterocycles. The van der Waals surface area contributed by atoms with Gasteiger partial charge in [0.25, 0.3) is 0 Å². The largest absolute Gasteiger partial charge is 0.368 e. The SMILES string of the molecule is CN(CC(N)=O)c1nc(NN)ncc1F. The van der Waals surface area contributed by atoms with Gasteiger partial charge in [-0.15, -0.1) is 0 Å². The lowest BCUT2D eigenvalue weighted by atomic mass is 10.4. The third-order valence-electron chi connectivity index (χ3n) is 1.61. The van der Waals surface area contributed by atoms with E-state index < -0.39 is 11.7 Å². The van der Waals surface area contributed by atoms with E-state index in [-0.39, 0.29) is 18.3 Å². The number of anilines is 2. The maximum Gasteiger partial charge on any atom is 0.239 e. The Hall–Kier alpha value is -1.96. The molecular formula is C7H11FN6O. The molecule has 0 aliphatic heterocycles. The van der Waals surface area contributed by atoms with Gasteiger partial charge in [0.1, 0.15) is 0 Å². The number of nitrogens with zero attached hydrogens (tertiary/aromatic N) is 3. The second-order valence-corrected chi connectivity index (χ2v) is 2.83. The lowest BCUT2D eigenvalue weighted by Gasteiger charge is -2.16. The maximum atomic E-state index is 13.2. The Morgan fingerprint density at radius 1 is 1.73 bits per heavy atom. The van der Waals surface area contributed by atoms with Crippen molar-refractivity contribution < 1.29 is 9.18 Å². The van der Waals surface area contributed by atoms with E-state index in [4.69, 9.17) is 11.6 Å². The number of amides is 1. The summed E-state index contributed by atoms with van der Waals surface area (Å²) in [5, 5.41) is 0. The van der Waals surface area contributed by atoms with Crippen molar-refractivity contribution in [3.63, 3.8) is 0 Å². The summed E-state index contributed by atoms with van der Waals surface area (Å²) >= 11 is 0. The van der Waals surface area contributed by atoms with Crippen molar-refractivity contribution in [2.75, 3.05) is 23.9 Å². The number of hydrazine groups is 1. The van der Waals surface area contributed by atoms with Crippen LogP contribution in [0.1, 0.15) is 0 Å². The highest BCUT2D eigenvalue weighted by Crippen LogP contribution is 2.14. The summed E-state index contributed by atoms with van der Waals surface area (Å²) in [5.74, 6) is 3.84. The fraction of sp³-hybridized carbons (Fsp3) is 0.286.